The van der Waals surface area contributed by atoms with Crippen LogP contribution in [0.5, 0.6) is 0 Å². The zero-order valence-corrected chi connectivity index (χ0v) is 21.8. The first-order chi connectivity index (χ1) is 18.3. The van der Waals surface area contributed by atoms with Crippen molar-refractivity contribution >= 4 is 45.5 Å². The molecule has 1 saturated heterocycles. The lowest BCUT2D eigenvalue weighted by molar-refractivity contribution is -0.155. The van der Waals surface area contributed by atoms with Crippen molar-refractivity contribution in [2.45, 2.75) is 26.1 Å². The third-order valence-electron chi connectivity index (χ3n) is 7.20. The second-order valence-electron chi connectivity index (χ2n) is 9.48. The van der Waals surface area contributed by atoms with E-state index in [9.17, 15) is 19.1 Å². The molecule has 1 aromatic carbocycles. The molecule has 2 aliphatic heterocycles. The lowest BCUT2D eigenvalue weighted by Crippen LogP contribution is -2.71. The maximum absolute atomic E-state index is 14.2. The Balaban J connectivity index is 1.72. The molecule has 4 N–H and O–H groups in total. The first-order valence-electron chi connectivity index (χ1n) is 12.3. The Hall–Kier alpha value is -3.90. The van der Waals surface area contributed by atoms with Crippen LogP contribution in [0.3, 0.4) is 0 Å². The number of nitrogens with zero attached hydrogens (tertiary/aromatic N) is 4. The number of halogens is 1. The number of fused-ring (bicyclic) bond motifs is 1. The number of aliphatic carboxylic acids is 1. The predicted octanol–water partition coefficient (Wildman–Crippen LogP) is 3.58. The van der Waals surface area contributed by atoms with Crippen LogP contribution in [0, 0.1) is 17.2 Å². The Morgan fingerprint density at radius 2 is 2.16 bits per heavy atom. The van der Waals surface area contributed by atoms with Gasteiger partial charge in [-0.25, -0.2) is 19.2 Å². The van der Waals surface area contributed by atoms with Crippen LogP contribution in [0.4, 0.5) is 14.9 Å². The monoisotopic (exact) mass is 537 g/mol. The maximum atomic E-state index is 14.2. The summed E-state index contributed by atoms with van der Waals surface area (Å²) in [7, 11) is 0. The summed E-state index contributed by atoms with van der Waals surface area (Å²) in [5.74, 6) is -3.55. The van der Waals surface area contributed by atoms with Crippen molar-refractivity contribution in [2.75, 3.05) is 24.5 Å². The number of carboxylic acid groups (broad SMARTS) is 1. The smallest absolute Gasteiger partial charge is 0.318 e. The molecule has 10 nitrogen and oxygen atoms in total. The number of urea groups is 1. The fourth-order valence-corrected chi connectivity index (χ4v) is 6.02. The number of nitrogens with one attached hydrogen (secondary N) is 3. The summed E-state index contributed by atoms with van der Waals surface area (Å²) in [6.07, 6.45) is 6.80. The van der Waals surface area contributed by atoms with Crippen LogP contribution >= 0.6 is 11.3 Å². The number of allylic oxidation sites excluding steroid dienone is 1. The highest BCUT2D eigenvalue weighted by Crippen LogP contribution is 2.46. The number of carbonyl (C=O) groups excluding carboxylic acids is 1. The van der Waals surface area contributed by atoms with E-state index in [2.05, 4.69) is 25.9 Å². The van der Waals surface area contributed by atoms with Gasteiger partial charge in [-0.3, -0.25) is 15.1 Å². The van der Waals surface area contributed by atoms with Crippen LogP contribution in [-0.4, -0.2) is 58.7 Å². The maximum Gasteiger partial charge on any atom is 0.318 e. The molecule has 2 aromatic heterocycles. The summed E-state index contributed by atoms with van der Waals surface area (Å²) >= 11 is 1.41. The second-order valence-corrected chi connectivity index (χ2v) is 10.3. The highest BCUT2D eigenvalue weighted by molar-refractivity contribution is 7.17. The number of piperidine rings is 1. The third kappa shape index (κ3) is 4.39. The number of hydrogen-bond donors (Lipinski definition) is 4. The zero-order chi connectivity index (χ0) is 26.9. The molecule has 3 aromatic rings. The van der Waals surface area contributed by atoms with E-state index >= 15 is 0 Å². The predicted molar refractivity (Wildman–Crippen MR) is 145 cm³/mol. The molecule has 2 aliphatic rings. The van der Waals surface area contributed by atoms with Gasteiger partial charge in [0, 0.05) is 49.0 Å². The quantitative estimate of drug-likeness (QED) is 0.378. The molecule has 0 aliphatic carbocycles. The number of aliphatic imine (C=N–C) groups is 1. The Morgan fingerprint density at radius 3 is 2.92 bits per heavy atom. The fourth-order valence-electron chi connectivity index (χ4n) is 5.22. The summed E-state index contributed by atoms with van der Waals surface area (Å²) in [6, 6.07) is 5.85. The summed E-state index contributed by atoms with van der Waals surface area (Å²) in [4.78, 5) is 41.1. The van der Waals surface area contributed by atoms with E-state index in [1.807, 2.05) is 12.1 Å². The Labute approximate surface area is 222 Å². The molecule has 2 amide bonds. The summed E-state index contributed by atoms with van der Waals surface area (Å²) < 4.78 is 15.0. The standard InChI is InChI=1S/C26H28FN7O3S/c1-3-29-24(37)33-26(21-14-28-9-6-25(21,2)23(35)36)32-7-4-10-34(26)17-12-18(19-11-16(27)5-8-30-19)22-20(13-17)31-15-38-22/h4-5,7-8,10-13,15,21,28H,3,6,9,14H2,1-2H3,(H,35,36)(H2,29,33,37). The number of hydrogen-bond acceptors (Lipinski definition) is 8. The summed E-state index contributed by atoms with van der Waals surface area (Å²) in [6.45, 7) is 4.69. The largest absolute Gasteiger partial charge is 0.481 e. The van der Waals surface area contributed by atoms with Crippen LogP contribution in [0.15, 0.2) is 53.2 Å². The molecule has 4 heterocycles. The number of carboxylic acids is 1. The van der Waals surface area contributed by atoms with E-state index < -0.39 is 34.9 Å². The normalized spacial score (nSPS) is 24.9. The first-order valence-corrected chi connectivity index (χ1v) is 13.2. The van der Waals surface area contributed by atoms with Crippen LogP contribution in [0.1, 0.15) is 20.3 Å². The van der Waals surface area contributed by atoms with E-state index in [1.165, 1.54) is 29.7 Å². The third-order valence-corrected chi connectivity index (χ3v) is 8.08. The van der Waals surface area contributed by atoms with E-state index in [-0.39, 0.29) is 0 Å². The first kappa shape index (κ1) is 25.7. The van der Waals surface area contributed by atoms with Gasteiger partial charge in [0.1, 0.15) is 5.82 Å². The van der Waals surface area contributed by atoms with Gasteiger partial charge in [-0.1, -0.05) is 0 Å². The minimum absolute atomic E-state index is 0.300. The van der Waals surface area contributed by atoms with Crippen molar-refractivity contribution in [3.05, 3.63) is 54.1 Å². The SMILES string of the molecule is CCNC(=O)NC1(C2CNCCC2(C)C(=O)O)N=CC=CN1c1cc(-c2cc(F)ccn2)c2scnc2c1. The molecule has 198 valence electrons. The number of thiazole rings is 1. The van der Waals surface area contributed by atoms with Crippen LogP contribution in [-0.2, 0) is 4.79 Å². The summed E-state index contributed by atoms with van der Waals surface area (Å²) in [5, 5.41) is 19.4. The Morgan fingerprint density at radius 1 is 1.32 bits per heavy atom. The van der Waals surface area contributed by atoms with Crippen LogP contribution in [0.25, 0.3) is 21.5 Å². The number of carbonyl (C=O) groups is 2. The van der Waals surface area contributed by atoms with Gasteiger partial charge in [0.25, 0.3) is 0 Å². The number of pyridine rings is 1. The van der Waals surface area contributed by atoms with Crippen molar-refractivity contribution < 1.29 is 19.1 Å². The van der Waals surface area contributed by atoms with Crippen molar-refractivity contribution in [1.82, 2.24) is 25.9 Å². The van der Waals surface area contributed by atoms with Crippen LogP contribution < -0.4 is 20.9 Å². The Bertz CT molecular complexity index is 1440. The van der Waals surface area contributed by atoms with E-state index in [4.69, 9.17) is 4.99 Å². The van der Waals surface area contributed by atoms with Gasteiger partial charge in [0.15, 0.2) is 0 Å². The van der Waals surface area contributed by atoms with Gasteiger partial charge < -0.3 is 20.6 Å². The number of aromatic nitrogens is 2. The van der Waals surface area contributed by atoms with Gasteiger partial charge >= 0.3 is 12.0 Å². The van der Waals surface area contributed by atoms with Crippen LogP contribution in [0.2, 0.25) is 0 Å². The molecule has 38 heavy (non-hydrogen) atoms. The zero-order valence-electron chi connectivity index (χ0n) is 20.9. The topological polar surface area (TPSA) is 132 Å². The number of amides is 2. The van der Waals surface area contributed by atoms with Gasteiger partial charge in [-0.05, 0) is 51.1 Å². The lowest BCUT2D eigenvalue weighted by atomic mass is 9.68. The van der Waals surface area contributed by atoms with Crippen molar-refractivity contribution in [1.29, 1.82) is 0 Å². The van der Waals surface area contributed by atoms with Crippen molar-refractivity contribution in [2.24, 2.45) is 16.3 Å². The number of benzene rings is 1. The van der Waals surface area contributed by atoms with Gasteiger partial charge in [-0.15, -0.1) is 11.3 Å². The molecule has 5 rings (SSSR count). The molecule has 3 atom stereocenters. The fraction of sp³-hybridized carbons (Fsp3) is 0.346. The molecule has 0 radical (unpaired) electrons. The van der Waals surface area contributed by atoms with E-state index in [1.54, 1.807) is 42.7 Å². The van der Waals surface area contributed by atoms with Gasteiger partial charge in [0.2, 0.25) is 5.79 Å². The van der Waals surface area contributed by atoms with Gasteiger partial charge in [0.05, 0.1) is 32.8 Å². The highest BCUT2D eigenvalue weighted by Gasteiger charge is 2.57. The average Bonchev–Trinajstić information content (AvgIpc) is 3.37. The molecule has 0 bridgehead atoms. The molecular formula is C26H28FN7O3S. The van der Waals surface area contributed by atoms with Crippen molar-refractivity contribution in [3.8, 4) is 11.3 Å². The average molecular weight is 538 g/mol. The number of anilines is 1. The Kier molecular flexibility index (Phi) is 6.84. The minimum Gasteiger partial charge on any atom is -0.481 e. The lowest BCUT2D eigenvalue weighted by Gasteiger charge is -2.52. The summed E-state index contributed by atoms with van der Waals surface area (Å²) in [5.41, 5.74) is 2.84. The molecule has 3 unspecified atom stereocenters. The molecule has 12 heteroatoms. The molecular weight excluding hydrogens is 509 g/mol. The van der Waals surface area contributed by atoms with Crippen molar-refractivity contribution in [3.63, 3.8) is 0 Å². The van der Waals surface area contributed by atoms with E-state index in [0.29, 0.717) is 48.5 Å². The minimum atomic E-state index is -1.50. The molecule has 0 saturated carbocycles. The molecule has 1 fully saturated rings. The van der Waals surface area contributed by atoms with E-state index in [0.717, 1.165) is 4.70 Å². The second kappa shape index (κ2) is 10.1. The highest BCUT2D eigenvalue weighted by atomic mass is 32.1. The number of rotatable bonds is 6. The van der Waals surface area contributed by atoms with Gasteiger partial charge in [-0.2, -0.15) is 0 Å². The molecule has 0 spiro atoms.